The van der Waals surface area contributed by atoms with Gasteiger partial charge in [-0.2, -0.15) is 0 Å². The number of rotatable bonds is 38. The summed E-state index contributed by atoms with van der Waals surface area (Å²) < 4.78 is 11.0. The zero-order chi connectivity index (χ0) is 37.7. The molecule has 0 aliphatic carbocycles. The number of ether oxygens (including phenoxy) is 2. The minimum atomic E-state index is -0.923. The van der Waals surface area contributed by atoms with Gasteiger partial charge in [0, 0.05) is 25.7 Å². The highest BCUT2D eigenvalue weighted by Gasteiger charge is 2.28. The summed E-state index contributed by atoms with van der Waals surface area (Å²) in [6, 6.07) is -1.57. The van der Waals surface area contributed by atoms with Gasteiger partial charge in [-0.1, -0.05) is 181 Å². The first kappa shape index (κ1) is 48.3. The Kier molecular flexibility index (Phi) is 33.7. The third kappa shape index (κ3) is 29.7. The molecule has 1 aliphatic heterocycles. The molecule has 1 fully saturated rings. The van der Waals surface area contributed by atoms with E-state index in [0.29, 0.717) is 26.3 Å². The lowest BCUT2D eigenvalue weighted by atomic mass is 10.0. The van der Waals surface area contributed by atoms with Crippen molar-refractivity contribution >= 4 is 17.8 Å². The van der Waals surface area contributed by atoms with Crippen molar-refractivity contribution < 1.29 is 23.9 Å². The fourth-order valence-corrected chi connectivity index (χ4v) is 7.03. The number of amides is 1. The third-order valence-corrected chi connectivity index (χ3v) is 10.5. The minimum absolute atomic E-state index is 0.0425. The van der Waals surface area contributed by atoms with Gasteiger partial charge in [-0.15, -0.1) is 0 Å². The van der Waals surface area contributed by atoms with Gasteiger partial charge in [0.15, 0.2) is 0 Å². The fraction of sp³-hybridized carbons (Fsp3) is 0.930. The molecule has 52 heavy (non-hydrogen) atoms. The molecule has 3 unspecified atom stereocenters. The van der Waals surface area contributed by atoms with Gasteiger partial charge in [0.1, 0.15) is 6.04 Å². The predicted molar refractivity (Wildman–Crippen MR) is 216 cm³/mol. The standard InChI is InChI=1S/C43H84N4O5/c1-3-5-7-9-11-13-15-17-19-21-23-25-27-29-33-51-41(48)32-31-40(47-42(49)39(44)35-38-36-45-37-46-38)43(50)52-34-30-28-26-24-22-20-18-16-14-12-10-8-6-4-2/h38-40,45-46H,3-37,44H2,1-2H3,(H,47,49). The minimum Gasteiger partial charge on any atom is -0.466 e. The van der Waals surface area contributed by atoms with Crippen LogP contribution in [0.5, 0.6) is 0 Å². The van der Waals surface area contributed by atoms with Crippen LogP contribution in [-0.2, 0) is 23.9 Å². The zero-order valence-electron chi connectivity index (χ0n) is 34.1. The second-order valence-electron chi connectivity index (χ2n) is 15.6. The van der Waals surface area contributed by atoms with E-state index in [0.717, 1.165) is 38.6 Å². The van der Waals surface area contributed by atoms with Crippen molar-refractivity contribution in [1.82, 2.24) is 16.0 Å². The van der Waals surface area contributed by atoms with Crippen LogP contribution in [0.15, 0.2) is 0 Å². The zero-order valence-corrected chi connectivity index (χ0v) is 34.1. The monoisotopic (exact) mass is 737 g/mol. The average molecular weight is 737 g/mol. The van der Waals surface area contributed by atoms with E-state index >= 15 is 0 Å². The summed E-state index contributed by atoms with van der Waals surface area (Å²) in [7, 11) is 0. The summed E-state index contributed by atoms with van der Waals surface area (Å²) >= 11 is 0. The quantitative estimate of drug-likeness (QED) is 0.0364. The van der Waals surface area contributed by atoms with Crippen LogP contribution >= 0.6 is 0 Å². The maximum Gasteiger partial charge on any atom is 0.328 e. The number of hydrogen-bond acceptors (Lipinski definition) is 8. The van der Waals surface area contributed by atoms with Crippen LogP contribution < -0.4 is 21.7 Å². The molecule has 5 N–H and O–H groups in total. The second-order valence-corrected chi connectivity index (χ2v) is 15.6. The molecule has 1 saturated heterocycles. The molecule has 1 rings (SSSR count). The average Bonchev–Trinajstić information content (AvgIpc) is 3.66. The lowest BCUT2D eigenvalue weighted by Gasteiger charge is -2.21. The molecule has 9 heteroatoms. The smallest absolute Gasteiger partial charge is 0.328 e. The number of carbonyl (C=O) groups excluding carboxylic acids is 3. The van der Waals surface area contributed by atoms with Crippen molar-refractivity contribution in [3.8, 4) is 0 Å². The van der Waals surface area contributed by atoms with E-state index in [1.165, 1.54) is 148 Å². The van der Waals surface area contributed by atoms with Crippen LogP contribution in [0.1, 0.15) is 213 Å². The van der Waals surface area contributed by atoms with Crippen LogP contribution in [0.3, 0.4) is 0 Å². The van der Waals surface area contributed by atoms with E-state index in [1.807, 2.05) is 0 Å². The number of unbranched alkanes of at least 4 members (excludes halogenated alkanes) is 26. The SMILES string of the molecule is CCCCCCCCCCCCCCCCOC(=O)CCC(NC(=O)C(N)CC1CNCN1)C(=O)OCCCCCCCCCCCCCCCC. The predicted octanol–water partition coefficient (Wildman–Crippen LogP) is 9.54. The van der Waals surface area contributed by atoms with Gasteiger partial charge < -0.3 is 31.2 Å². The van der Waals surface area contributed by atoms with Crippen LogP contribution in [0.2, 0.25) is 0 Å². The highest BCUT2D eigenvalue weighted by molar-refractivity contribution is 5.87. The Morgan fingerprint density at radius 1 is 0.615 bits per heavy atom. The molecule has 306 valence electrons. The number of nitrogens with two attached hydrogens (primary N) is 1. The van der Waals surface area contributed by atoms with E-state index in [4.69, 9.17) is 15.2 Å². The summed E-state index contributed by atoms with van der Waals surface area (Å²) in [4.78, 5) is 38.5. The first-order chi connectivity index (χ1) is 25.5. The summed E-state index contributed by atoms with van der Waals surface area (Å²) in [6.07, 6.45) is 36.2. The highest BCUT2D eigenvalue weighted by Crippen LogP contribution is 2.15. The van der Waals surface area contributed by atoms with Gasteiger partial charge in [0.2, 0.25) is 5.91 Å². The van der Waals surface area contributed by atoms with Crippen molar-refractivity contribution in [1.29, 1.82) is 0 Å². The molecule has 0 aromatic heterocycles. The fourth-order valence-electron chi connectivity index (χ4n) is 7.03. The van der Waals surface area contributed by atoms with Crippen LogP contribution in [0.25, 0.3) is 0 Å². The van der Waals surface area contributed by atoms with E-state index in [1.54, 1.807) is 0 Å². The molecule has 1 amide bonds. The van der Waals surface area contributed by atoms with Crippen molar-refractivity contribution in [2.45, 2.75) is 231 Å². The normalized spacial score (nSPS) is 15.4. The molecule has 9 nitrogen and oxygen atoms in total. The number of carbonyl (C=O) groups is 3. The van der Waals surface area contributed by atoms with Gasteiger partial charge in [-0.05, 0) is 25.7 Å². The molecule has 0 spiro atoms. The Labute approximate surface area is 320 Å². The van der Waals surface area contributed by atoms with Crippen LogP contribution in [0.4, 0.5) is 0 Å². The lowest BCUT2D eigenvalue weighted by molar-refractivity contribution is -0.149. The Bertz CT molecular complexity index is 838. The van der Waals surface area contributed by atoms with Gasteiger partial charge in [-0.25, -0.2) is 4.79 Å². The molecule has 0 radical (unpaired) electrons. The van der Waals surface area contributed by atoms with E-state index in [-0.39, 0.29) is 24.9 Å². The third-order valence-electron chi connectivity index (χ3n) is 10.5. The summed E-state index contributed by atoms with van der Waals surface area (Å²) in [5.41, 5.74) is 6.18. The van der Waals surface area contributed by atoms with E-state index in [2.05, 4.69) is 29.8 Å². The Morgan fingerprint density at radius 3 is 1.42 bits per heavy atom. The number of esters is 2. The Hall–Kier alpha value is -1.71. The largest absolute Gasteiger partial charge is 0.466 e. The lowest BCUT2D eigenvalue weighted by Crippen LogP contribution is -2.50. The Morgan fingerprint density at radius 2 is 1.02 bits per heavy atom. The van der Waals surface area contributed by atoms with Crippen molar-refractivity contribution in [2.24, 2.45) is 5.73 Å². The molecule has 1 heterocycles. The summed E-state index contributed by atoms with van der Waals surface area (Å²) in [5, 5.41) is 9.23. The Balaban J connectivity index is 2.23. The number of hydrogen-bond donors (Lipinski definition) is 4. The second kappa shape index (κ2) is 36.3. The van der Waals surface area contributed by atoms with Gasteiger partial charge in [0.25, 0.3) is 0 Å². The van der Waals surface area contributed by atoms with Crippen LogP contribution in [-0.4, -0.2) is 62.4 Å². The molecule has 0 bridgehead atoms. The van der Waals surface area contributed by atoms with Gasteiger partial charge >= 0.3 is 11.9 Å². The van der Waals surface area contributed by atoms with Crippen LogP contribution in [0, 0.1) is 0 Å². The van der Waals surface area contributed by atoms with Crippen molar-refractivity contribution in [3.63, 3.8) is 0 Å². The first-order valence-corrected chi connectivity index (χ1v) is 22.3. The topological polar surface area (TPSA) is 132 Å². The molecule has 0 aromatic rings. The number of nitrogens with one attached hydrogen (secondary N) is 3. The van der Waals surface area contributed by atoms with Crippen molar-refractivity contribution in [3.05, 3.63) is 0 Å². The maximum atomic E-state index is 13.0. The van der Waals surface area contributed by atoms with Crippen molar-refractivity contribution in [2.75, 3.05) is 26.4 Å². The van der Waals surface area contributed by atoms with Gasteiger partial charge in [0.05, 0.1) is 19.3 Å². The first-order valence-electron chi connectivity index (χ1n) is 22.3. The highest BCUT2D eigenvalue weighted by atomic mass is 16.5. The molecular formula is C43H84N4O5. The maximum absolute atomic E-state index is 13.0. The van der Waals surface area contributed by atoms with E-state index < -0.39 is 24.0 Å². The molecule has 0 aromatic carbocycles. The summed E-state index contributed by atoms with van der Waals surface area (Å²) in [5.74, 6) is -1.25. The molecule has 1 aliphatic rings. The molecule has 0 saturated carbocycles. The summed E-state index contributed by atoms with van der Waals surface area (Å²) in [6.45, 7) is 6.68. The van der Waals surface area contributed by atoms with Gasteiger partial charge in [-0.3, -0.25) is 9.59 Å². The molecular weight excluding hydrogens is 652 g/mol. The van der Waals surface area contributed by atoms with E-state index in [9.17, 15) is 14.4 Å². The molecule has 3 atom stereocenters.